The molecule has 0 bridgehead atoms. The number of aromatic nitrogens is 5. The van der Waals surface area contributed by atoms with E-state index in [9.17, 15) is 9.18 Å². The number of rotatable bonds is 5. The number of fused-ring (bicyclic) bond motifs is 1. The second kappa shape index (κ2) is 7.26. The van der Waals surface area contributed by atoms with Crippen LogP contribution < -0.4 is 5.32 Å². The summed E-state index contributed by atoms with van der Waals surface area (Å²) in [5.41, 5.74) is 0.968. The Morgan fingerprint density at radius 2 is 2.11 bits per heavy atom. The van der Waals surface area contributed by atoms with E-state index in [1.54, 1.807) is 12.4 Å². The minimum absolute atomic E-state index is 0.0232. The lowest BCUT2D eigenvalue weighted by atomic mass is 9.84. The van der Waals surface area contributed by atoms with Gasteiger partial charge in [0.2, 0.25) is 0 Å². The van der Waals surface area contributed by atoms with Crippen molar-refractivity contribution in [3.63, 3.8) is 0 Å². The van der Waals surface area contributed by atoms with Gasteiger partial charge in [0, 0.05) is 29.4 Å². The average molecular weight is 372 g/mol. The summed E-state index contributed by atoms with van der Waals surface area (Å²) < 4.78 is 19.1. The highest BCUT2D eigenvalue weighted by molar-refractivity contribution is 5.90. The van der Waals surface area contributed by atoms with Crippen molar-refractivity contribution in [2.45, 2.75) is 33.2 Å². The second-order valence-electron chi connectivity index (χ2n) is 7.22. The van der Waals surface area contributed by atoms with Gasteiger partial charge in [-0.05, 0) is 5.41 Å². The maximum absolute atomic E-state index is 14.4. The van der Waals surface area contributed by atoms with Crippen molar-refractivity contribution in [2.75, 3.05) is 12.4 Å². The van der Waals surface area contributed by atoms with Crippen molar-refractivity contribution in [3.8, 4) is 11.4 Å². The van der Waals surface area contributed by atoms with Crippen molar-refractivity contribution in [3.05, 3.63) is 30.7 Å². The molecule has 27 heavy (non-hydrogen) atoms. The van der Waals surface area contributed by atoms with Gasteiger partial charge in [-0.1, -0.05) is 20.8 Å². The van der Waals surface area contributed by atoms with Crippen LogP contribution in [0, 0.1) is 11.2 Å². The van der Waals surface area contributed by atoms with Crippen LogP contribution in [0.4, 0.5) is 10.2 Å². The molecule has 8 nitrogen and oxygen atoms in total. The van der Waals surface area contributed by atoms with E-state index in [4.69, 9.17) is 4.74 Å². The monoisotopic (exact) mass is 372 g/mol. The van der Waals surface area contributed by atoms with Crippen LogP contribution in [0.1, 0.15) is 27.2 Å². The molecule has 0 amide bonds. The van der Waals surface area contributed by atoms with E-state index in [1.165, 1.54) is 13.4 Å². The molecule has 3 aromatic heterocycles. The van der Waals surface area contributed by atoms with Crippen molar-refractivity contribution >= 4 is 22.8 Å². The molecular formula is C18H21FN6O2. The van der Waals surface area contributed by atoms with Crippen LogP contribution in [0.25, 0.3) is 22.4 Å². The number of anilines is 1. The van der Waals surface area contributed by atoms with Crippen LogP contribution >= 0.6 is 0 Å². The fourth-order valence-corrected chi connectivity index (χ4v) is 2.63. The summed E-state index contributed by atoms with van der Waals surface area (Å²) in [6.07, 6.45) is 5.96. The maximum atomic E-state index is 14.4. The zero-order valence-corrected chi connectivity index (χ0v) is 15.6. The van der Waals surface area contributed by atoms with E-state index in [2.05, 4.69) is 30.2 Å². The first-order chi connectivity index (χ1) is 12.8. The number of aromatic amines is 1. The van der Waals surface area contributed by atoms with E-state index >= 15 is 0 Å². The molecule has 0 spiro atoms. The van der Waals surface area contributed by atoms with Gasteiger partial charge in [0.15, 0.2) is 17.5 Å². The topological polar surface area (TPSA) is 106 Å². The number of hydrogen-bond acceptors (Lipinski definition) is 7. The highest BCUT2D eigenvalue weighted by Crippen LogP contribution is 2.29. The van der Waals surface area contributed by atoms with Crippen LogP contribution in [0.5, 0.6) is 0 Å². The average Bonchev–Trinajstić information content (AvgIpc) is 3.06. The zero-order chi connectivity index (χ0) is 19.6. The number of hydrogen-bond donors (Lipinski definition) is 2. The lowest BCUT2D eigenvalue weighted by Gasteiger charge is -2.31. The van der Waals surface area contributed by atoms with Gasteiger partial charge in [0.25, 0.3) is 0 Å². The number of nitrogens with one attached hydrogen (secondary N) is 2. The van der Waals surface area contributed by atoms with Gasteiger partial charge in [0.1, 0.15) is 12.0 Å². The minimum Gasteiger partial charge on any atom is -0.469 e. The van der Waals surface area contributed by atoms with Gasteiger partial charge in [0.05, 0.1) is 19.7 Å². The van der Waals surface area contributed by atoms with Crippen LogP contribution in [0.15, 0.2) is 24.9 Å². The maximum Gasteiger partial charge on any atom is 0.307 e. The lowest BCUT2D eigenvalue weighted by Crippen LogP contribution is -2.37. The number of carbonyl (C=O) groups is 1. The Morgan fingerprint density at radius 3 is 2.81 bits per heavy atom. The van der Waals surface area contributed by atoms with Gasteiger partial charge in [-0.2, -0.15) is 0 Å². The van der Waals surface area contributed by atoms with Gasteiger partial charge in [-0.15, -0.1) is 0 Å². The number of H-pyrrole nitrogens is 1. The van der Waals surface area contributed by atoms with Crippen LogP contribution in [-0.4, -0.2) is 44.0 Å². The van der Waals surface area contributed by atoms with E-state index in [0.29, 0.717) is 17.0 Å². The van der Waals surface area contributed by atoms with E-state index in [0.717, 1.165) is 11.6 Å². The molecule has 0 aliphatic heterocycles. The lowest BCUT2D eigenvalue weighted by molar-refractivity contribution is -0.141. The molecule has 142 valence electrons. The van der Waals surface area contributed by atoms with Crippen LogP contribution in [0.3, 0.4) is 0 Å². The summed E-state index contributed by atoms with van der Waals surface area (Å²) in [7, 11) is 1.32. The molecule has 0 aliphatic rings. The first kappa shape index (κ1) is 18.7. The standard InChI is InChI=1S/C18H21FN6O2/c1-18(2,3)13(5-14(26)27-4)24-17-12(19)8-22-16(25-17)11-7-21-15-10(11)6-20-9-23-15/h6-9,13H,5H2,1-4H3,(H,20,21,23)(H,22,24,25). The zero-order valence-electron chi connectivity index (χ0n) is 15.6. The van der Waals surface area contributed by atoms with Gasteiger partial charge >= 0.3 is 5.97 Å². The van der Waals surface area contributed by atoms with E-state index in [-0.39, 0.29) is 29.7 Å². The summed E-state index contributed by atoms with van der Waals surface area (Å²) in [5.74, 6) is -0.638. The third kappa shape index (κ3) is 4.02. The fourth-order valence-electron chi connectivity index (χ4n) is 2.63. The third-order valence-electron chi connectivity index (χ3n) is 4.30. The van der Waals surface area contributed by atoms with Gasteiger partial charge < -0.3 is 15.0 Å². The molecule has 3 heterocycles. The van der Waals surface area contributed by atoms with Crippen molar-refractivity contribution < 1.29 is 13.9 Å². The predicted molar refractivity (Wildman–Crippen MR) is 98.4 cm³/mol. The Morgan fingerprint density at radius 1 is 1.33 bits per heavy atom. The van der Waals surface area contributed by atoms with E-state index in [1.807, 2.05) is 20.8 Å². The molecule has 0 saturated heterocycles. The molecule has 0 aromatic carbocycles. The minimum atomic E-state index is -0.603. The summed E-state index contributed by atoms with van der Waals surface area (Å²) in [4.78, 5) is 31.3. The molecule has 0 radical (unpaired) electrons. The highest BCUT2D eigenvalue weighted by Gasteiger charge is 2.29. The molecule has 3 rings (SSSR count). The Hall–Kier alpha value is -3.10. The molecule has 1 unspecified atom stereocenters. The van der Waals surface area contributed by atoms with Crippen LogP contribution in [0.2, 0.25) is 0 Å². The summed E-state index contributed by atoms with van der Waals surface area (Å²) >= 11 is 0. The van der Waals surface area contributed by atoms with Gasteiger partial charge in [-0.3, -0.25) is 4.79 Å². The predicted octanol–water partition coefficient (Wildman–Crippen LogP) is 2.94. The molecule has 0 fully saturated rings. The summed E-state index contributed by atoms with van der Waals surface area (Å²) in [6.45, 7) is 5.85. The largest absolute Gasteiger partial charge is 0.469 e. The normalized spacial score (nSPS) is 12.8. The van der Waals surface area contributed by atoms with Crippen molar-refractivity contribution in [2.24, 2.45) is 5.41 Å². The highest BCUT2D eigenvalue weighted by atomic mass is 19.1. The molecule has 3 aromatic rings. The van der Waals surface area contributed by atoms with Gasteiger partial charge in [-0.25, -0.2) is 24.3 Å². The van der Waals surface area contributed by atoms with Crippen LogP contribution in [-0.2, 0) is 9.53 Å². The first-order valence-corrected chi connectivity index (χ1v) is 8.43. The number of methoxy groups -OCH3 is 1. The Labute approximate surface area is 155 Å². The Balaban J connectivity index is 1.96. The van der Waals surface area contributed by atoms with Crippen molar-refractivity contribution in [1.29, 1.82) is 0 Å². The summed E-state index contributed by atoms with van der Waals surface area (Å²) in [6, 6.07) is -0.381. The molecule has 2 N–H and O–H groups in total. The number of ether oxygens (including phenoxy) is 1. The molecule has 1 atom stereocenters. The number of carbonyl (C=O) groups excluding carboxylic acids is 1. The van der Waals surface area contributed by atoms with Crippen molar-refractivity contribution in [1.82, 2.24) is 24.9 Å². The molecule has 9 heteroatoms. The Kier molecular flexibility index (Phi) is 5.02. The smallest absolute Gasteiger partial charge is 0.307 e. The number of esters is 1. The van der Waals surface area contributed by atoms with E-state index < -0.39 is 5.82 Å². The fraction of sp³-hybridized carbons (Fsp3) is 0.389. The number of halogens is 1. The first-order valence-electron chi connectivity index (χ1n) is 8.43. The number of nitrogens with zero attached hydrogens (tertiary/aromatic N) is 4. The quantitative estimate of drug-likeness (QED) is 0.663. The SMILES string of the molecule is COC(=O)CC(Nc1nc(-c2c[nH]c3ncncc23)ncc1F)C(C)(C)C. The molecular weight excluding hydrogens is 351 g/mol. The third-order valence-corrected chi connectivity index (χ3v) is 4.30. The summed E-state index contributed by atoms with van der Waals surface area (Å²) in [5, 5.41) is 3.77. The second-order valence-corrected chi connectivity index (χ2v) is 7.22. The molecule has 0 saturated carbocycles. The Bertz CT molecular complexity index is 966. The molecule has 0 aliphatic carbocycles.